The van der Waals surface area contributed by atoms with E-state index in [2.05, 4.69) is 33.6 Å². The molecule has 2 unspecified atom stereocenters. The van der Waals surface area contributed by atoms with Crippen LogP contribution in [0.25, 0.3) is 0 Å². The van der Waals surface area contributed by atoms with Crippen molar-refractivity contribution in [3.63, 3.8) is 0 Å². The predicted molar refractivity (Wildman–Crippen MR) is 149 cm³/mol. The van der Waals surface area contributed by atoms with Crippen molar-refractivity contribution in [3.8, 4) is 0 Å². The van der Waals surface area contributed by atoms with Crippen LogP contribution in [-0.2, 0) is 19.1 Å². The number of rotatable bonds is 7. The van der Waals surface area contributed by atoms with Crippen LogP contribution in [0.3, 0.4) is 0 Å². The molecule has 0 spiro atoms. The van der Waals surface area contributed by atoms with Crippen molar-refractivity contribution in [2.75, 3.05) is 19.6 Å². The number of nitrogens with one attached hydrogen (secondary N) is 2. The Hall–Kier alpha value is -2.74. The Kier molecular flexibility index (Phi) is 10.5. The topological polar surface area (TPSA) is 114 Å². The van der Waals surface area contributed by atoms with Crippen molar-refractivity contribution in [3.05, 3.63) is 29.8 Å². The summed E-state index contributed by atoms with van der Waals surface area (Å²) in [5.41, 5.74) is 7.68. The highest BCUT2D eigenvalue weighted by atomic mass is 16.6. The molecule has 2 aliphatic heterocycles. The lowest BCUT2D eigenvalue weighted by atomic mass is 9.84. The van der Waals surface area contributed by atoms with E-state index in [0.29, 0.717) is 19.4 Å². The molecule has 0 saturated heterocycles. The Morgan fingerprint density at radius 3 is 2.53 bits per heavy atom. The summed E-state index contributed by atoms with van der Waals surface area (Å²) < 4.78 is 7.90. The third kappa shape index (κ3) is 8.13. The van der Waals surface area contributed by atoms with Crippen LogP contribution in [0.5, 0.6) is 0 Å². The monoisotopic (exact) mass is 527 g/mol. The molecule has 0 saturated carbocycles. The van der Waals surface area contributed by atoms with Crippen LogP contribution in [0.15, 0.2) is 24.3 Å². The molecule has 3 rings (SSSR count). The number of amides is 2. The van der Waals surface area contributed by atoms with Crippen LogP contribution in [0.4, 0.5) is 5.69 Å². The molecule has 0 aliphatic carbocycles. The standard InChI is InChI=1S/C30H46N4O4/c1-20(2)16-23(24(18-31)29(37)38-30(3,4)5)27(35)33-25-17-21-19-34(26-13-9-8-12-22(21)26)15-11-7-6-10-14-32-28(25)36/h8-9,12-13,19-21,23-25H,6-7,10-11,14-18,31H2,1-5H3,(H-,32,33,35,36)/p+1/t21?,23-,24?,25+/m1/s1. The van der Waals surface area contributed by atoms with E-state index >= 15 is 0 Å². The second kappa shape index (κ2) is 13.4. The van der Waals surface area contributed by atoms with E-state index in [4.69, 9.17) is 10.5 Å². The number of hydrogen-bond donors (Lipinski definition) is 3. The van der Waals surface area contributed by atoms with Gasteiger partial charge in [-0.25, -0.2) is 4.58 Å². The molecule has 4 atom stereocenters. The van der Waals surface area contributed by atoms with E-state index in [1.807, 2.05) is 26.0 Å². The molecule has 38 heavy (non-hydrogen) atoms. The van der Waals surface area contributed by atoms with E-state index in [0.717, 1.165) is 32.2 Å². The summed E-state index contributed by atoms with van der Waals surface area (Å²) in [4.78, 5) is 40.2. The molecule has 2 amide bonds. The lowest BCUT2D eigenvalue weighted by Crippen LogP contribution is -2.52. The molecule has 4 N–H and O–H groups in total. The molecule has 0 radical (unpaired) electrons. The van der Waals surface area contributed by atoms with Gasteiger partial charge in [0.15, 0.2) is 6.21 Å². The number of fused-ring (bicyclic) bond motifs is 4. The smallest absolute Gasteiger partial charge is 0.311 e. The fourth-order valence-corrected chi connectivity index (χ4v) is 5.45. The minimum Gasteiger partial charge on any atom is -0.460 e. The first-order chi connectivity index (χ1) is 18.0. The van der Waals surface area contributed by atoms with Gasteiger partial charge in [0, 0.05) is 31.1 Å². The highest BCUT2D eigenvalue weighted by Gasteiger charge is 2.39. The third-order valence-corrected chi connectivity index (χ3v) is 7.26. The lowest BCUT2D eigenvalue weighted by Gasteiger charge is -2.30. The lowest BCUT2D eigenvalue weighted by molar-refractivity contribution is -0.433. The van der Waals surface area contributed by atoms with E-state index in [1.165, 1.54) is 11.3 Å². The summed E-state index contributed by atoms with van der Waals surface area (Å²) in [6, 6.07) is 7.55. The maximum Gasteiger partial charge on any atom is 0.311 e. The van der Waals surface area contributed by atoms with Crippen molar-refractivity contribution in [2.24, 2.45) is 23.5 Å². The summed E-state index contributed by atoms with van der Waals surface area (Å²) in [6.07, 6.45) is 7.25. The van der Waals surface area contributed by atoms with Gasteiger partial charge in [0.2, 0.25) is 17.5 Å². The number of carbonyl (C=O) groups is 3. The number of hydrogen-bond acceptors (Lipinski definition) is 5. The Labute approximate surface area is 227 Å². The first kappa shape index (κ1) is 29.8. The summed E-state index contributed by atoms with van der Waals surface area (Å²) in [5.74, 6) is -2.32. The van der Waals surface area contributed by atoms with Crippen LogP contribution < -0.4 is 16.4 Å². The van der Waals surface area contributed by atoms with Crippen molar-refractivity contribution in [1.29, 1.82) is 0 Å². The van der Waals surface area contributed by atoms with Gasteiger partial charge < -0.3 is 21.1 Å². The number of nitrogens with zero attached hydrogens (tertiary/aromatic N) is 1. The van der Waals surface area contributed by atoms with Gasteiger partial charge in [0.1, 0.15) is 18.2 Å². The maximum atomic E-state index is 13.8. The fourth-order valence-electron chi connectivity index (χ4n) is 5.45. The molecule has 1 aromatic rings. The zero-order valence-electron chi connectivity index (χ0n) is 23.8. The van der Waals surface area contributed by atoms with Gasteiger partial charge in [-0.05, 0) is 52.4 Å². The summed E-state index contributed by atoms with van der Waals surface area (Å²) in [6.45, 7) is 10.9. The van der Waals surface area contributed by atoms with Gasteiger partial charge in [-0.1, -0.05) is 38.5 Å². The molecule has 8 heteroatoms. The Morgan fingerprint density at radius 2 is 1.84 bits per heavy atom. The summed E-state index contributed by atoms with van der Waals surface area (Å²) >= 11 is 0. The number of carbonyl (C=O) groups excluding carboxylic acids is 3. The average Bonchev–Trinajstić information content (AvgIpc) is 3.18. The van der Waals surface area contributed by atoms with E-state index in [1.54, 1.807) is 20.8 Å². The highest BCUT2D eigenvalue weighted by molar-refractivity contribution is 5.91. The molecule has 2 bridgehead atoms. The molecule has 1 aromatic carbocycles. The second-order valence-corrected chi connectivity index (χ2v) is 12.1. The van der Waals surface area contributed by atoms with E-state index < -0.39 is 29.4 Å². The van der Waals surface area contributed by atoms with Crippen LogP contribution in [0.2, 0.25) is 0 Å². The minimum absolute atomic E-state index is 0.00251. The number of para-hydroxylation sites is 1. The molecule has 2 aliphatic rings. The van der Waals surface area contributed by atoms with E-state index in [-0.39, 0.29) is 30.2 Å². The van der Waals surface area contributed by atoms with Gasteiger partial charge in [-0.15, -0.1) is 0 Å². The first-order valence-corrected chi connectivity index (χ1v) is 14.2. The normalized spacial score (nSPS) is 22.1. The fraction of sp³-hybridized carbons (Fsp3) is 0.667. The van der Waals surface area contributed by atoms with Crippen LogP contribution in [0.1, 0.15) is 84.6 Å². The average molecular weight is 528 g/mol. The SMILES string of the molecule is CC(C)C[C@@H](C(=O)N[C@H]1CC2C=[N+](CCCCCCNC1=O)c1ccccc12)C(CN)C(=O)OC(C)(C)C. The predicted octanol–water partition coefficient (Wildman–Crippen LogP) is 3.64. The Bertz CT molecular complexity index is 1010. The highest BCUT2D eigenvalue weighted by Crippen LogP contribution is 2.35. The first-order valence-electron chi connectivity index (χ1n) is 14.2. The van der Waals surface area contributed by atoms with Crippen LogP contribution >= 0.6 is 0 Å². The number of nitrogens with two attached hydrogens (primary N) is 1. The quantitative estimate of drug-likeness (QED) is 0.370. The van der Waals surface area contributed by atoms with Crippen molar-refractivity contribution < 1.29 is 23.7 Å². The number of ether oxygens (including phenoxy) is 1. The van der Waals surface area contributed by atoms with Crippen LogP contribution in [0, 0.1) is 17.8 Å². The zero-order valence-corrected chi connectivity index (χ0v) is 23.8. The molecule has 0 aromatic heterocycles. The van der Waals surface area contributed by atoms with Gasteiger partial charge in [0.05, 0.1) is 17.8 Å². The van der Waals surface area contributed by atoms with E-state index in [9.17, 15) is 14.4 Å². The Balaban J connectivity index is 1.87. The van der Waals surface area contributed by atoms with Gasteiger partial charge in [-0.2, -0.15) is 0 Å². The maximum absolute atomic E-state index is 13.8. The van der Waals surface area contributed by atoms with Gasteiger partial charge in [-0.3, -0.25) is 14.4 Å². The van der Waals surface area contributed by atoms with Crippen molar-refractivity contribution >= 4 is 29.7 Å². The van der Waals surface area contributed by atoms with Crippen molar-refractivity contribution in [2.45, 2.75) is 90.7 Å². The van der Waals surface area contributed by atoms with Crippen LogP contribution in [-0.4, -0.2) is 59.9 Å². The Morgan fingerprint density at radius 1 is 1.13 bits per heavy atom. The molecular formula is C30H47N4O4+. The zero-order chi connectivity index (χ0) is 27.9. The number of benzene rings is 1. The third-order valence-electron chi connectivity index (χ3n) is 7.26. The summed E-state index contributed by atoms with van der Waals surface area (Å²) in [5, 5.41) is 6.07. The summed E-state index contributed by atoms with van der Waals surface area (Å²) in [7, 11) is 0. The number of esters is 1. The molecule has 8 nitrogen and oxygen atoms in total. The molecular weight excluding hydrogens is 480 g/mol. The second-order valence-electron chi connectivity index (χ2n) is 12.1. The molecule has 210 valence electrons. The molecule has 0 fully saturated rings. The van der Waals surface area contributed by atoms with Crippen molar-refractivity contribution in [1.82, 2.24) is 10.6 Å². The minimum atomic E-state index is -0.788. The largest absolute Gasteiger partial charge is 0.460 e. The van der Waals surface area contributed by atoms with Gasteiger partial charge in [0.25, 0.3) is 0 Å². The van der Waals surface area contributed by atoms with Gasteiger partial charge >= 0.3 is 5.97 Å². The molecule has 2 heterocycles.